The van der Waals surface area contributed by atoms with Crippen molar-refractivity contribution in [2.45, 2.75) is 70.3 Å². The lowest BCUT2D eigenvalue weighted by Crippen LogP contribution is -2.57. The molecule has 12 nitrogen and oxygen atoms in total. The minimum atomic E-state index is -0.377. The van der Waals surface area contributed by atoms with Crippen molar-refractivity contribution in [3.05, 3.63) is 39.3 Å². The Hall–Kier alpha value is -3.42. The first-order valence-corrected chi connectivity index (χ1v) is 15.2. The topological polar surface area (TPSA) is 155 Å². The summed E-state index contributed by atoms with van der Waals surface area (Å²) in [6, 6.07) is 0.0982. The van der Waals surface area contributed by atoms with Gasteiger partial charge in [-0.25, -0.2) is 15.0 Å². The van der Waals surface area contributed by atoms with Crippen molar-refractivity contribution in [3.63, 3.8) is 0 Å². The summed E-state index contributed by atoms with van der Waals surface area (Å²) in [5.41, 5.74) is 9.66. The van der Waals surface area contributed by atoms with Gasteiger partial charge in [0.15, 0.2) is 10.8 Å². The number of rotatable bonds is 5. The summed E-state index contributed by atoms with van der Waals surface area (Å²) >= 11 is 1.29. The third kappa shape index (κ3) is 5.22. The minimum Gasteiger partial charge on any atom is -0.633 e. The van der Waals surface area contributed by atoms with E-state index in [1.54, 1.807) is 23.3 Å². The first-order valence-electron chi connectivity index (χ1n) is 14.3. The molecule has 2 amide bonds. The van der Waals surface area contributed by atoms with Crippen molar-refractivity contribution in [1.82, 2.24) is 29.6 Å². The molecule has 5 heterocycles. The fourth-order valence-corrected chi connectivity index (χ4v) is 7.49. The molecule has 2 aliphatic heterocycles. The Morgan fingerprint density at radius 2 is 1.93 bits per heavy atom. The lowest BCUT2D eigenvalue weighted by atomic mass is 9.73. The van der Waals surface area contributed by atoms with Gasteiger partial charge in [0.2, 0.25) is 11.9 Å². The van der Waals surface area contributed by atoms with Crippen molar-refractivity contribution < 1.29 is 14.2 Å². The average molecular weight is 580 g/mol. The van der Waals surface area contributed by atoms with Crippen molar-refractivity contribution >= 4 is 34.2 Å². The van der Waals surface area contributed by atoms with Gasteiger partial charge in [-0.15, -0.1) is 11.3 Å². The number of aromatic nitrogens is 5. The number of hydrogen-bond donors (Lipinski definition) is 2. The number of nitrogens with two attached hydrogens (primary N) is 1. The van der Waals surface area contributed by atoms with Crippen LogP contribution < -0.4 is 11.1 Å². The summed E-state index contributed by atoms with van der Waals surface area (Å²) in [7, 11) is 1.79. The molecule has 0 atom stereocenters. The number of anilines is 2. The number of fused-ring (bicyclic) bond motifs is 3. The summed E-state index contributed by atoms with van der Waals surface area (Å²) in [4.78, 5) is 41.5. The molecule has 0 aromatic carbocycles. The molecule has 0 unspecified atom stereocenters. The van der Waals surface area contributed by atoms with Crippen LogP contribution in [-0.4, -0.2) is 78.3 Å². The summed E-state index contributed by atoms with van der Waals surface area (Å²) in [6.45, 7) is 6.79. The van der Waals surface area contributed by atoms with Gasteiger partial charge in [-0.1, -0.05) is 13.8 Å². The zero-order valence-corrected chi connectivity index (χ0v) is 24.7. The molecule has 218 valence electrons. The number of amides is 2. The first kappa shape index (κ1) is 27.7. The SMILES string of the molecule is Cn1nc(C(=O)Nc2nc(CC(=O)N3CCC([N+]4([O-])CCCCC4)CC3)cs2)c2c1-c1nc(N)ncc1CC2(C)C. The van der Waals surface area contributed by atoms with E-state index in [9.17, 15) is 14.8 Å². The van der Waals surface area contributed by atoms with Crippen LogP contribution in [0.1, 0.15) is 73.3 Å². The maximum Gasteiger partial charge on any atom is 0.278 e. The Morgan fingerprint density at radius 1 is 1.20 bits per heavy atom. The largest absolute Gasteiger partial charge is 0.633 e. The number of thiazole rings is 1. The van der Waals surface area contributed by atoms with Crippen molar-refractivity contribution in [1.29, 1.82) is 0 Å². The number of piperidine rings is 2. The average Bonchev–Trinajstić information content (AvgIpc) is 3.54. The maximum atomic E-state index is 13.5. The molecule has 0 radical (unpaired) electrons. The fraction of sp³-hybridized carbons (Fsp3) is 0.571. The Labute approximate surface area is 243 Å². The van der Waals surface area contributed by atoms with Gasteiger partial charge in [0.25, 0.3) is 5.91 Å². The highest BCUT2D eigenvalue weighted by atomic mass is 32.1. The van der Waals surface area contributed by atoms with Gasteiger partial charge in [0.05, 0.1) is 42.6 Å². The van der Waals surface area contributed by atoms with E-state index >= 15 is 0 Å². The second-order valence-electron chi connectivity index (χ2n) is 12.2. The molecule has 6 rings (SSSR count). The molecule has 0 bridgehead atoms. The first-order chi connectivity index (χ1) is 19.5. The van der Waals surface area contributed by atoms with Gasteiger partial charge >= 0.3 is 0 Å². The number of hydroxylamine groups is 3. The highest BCUT2D eigenvalue weighted by Crippen LogP contribution is 2.44. The lowest BCUT2D eigenvalue weighted by Gasteiger charge is -2.53. The molecule has 0 saturated carbocycles. The molecule has 13 heteroatoms. The van der Waals surface area contributed by atoms with Crippen LogP contribution in [0.5, 0.6) is 0 Å². The Bertz CT molecular complexity index is 1480. The normalized spacial score (nSPS) is 19.9. The third-order valence-electron chi connectivity index (χ3n) is 8.84. The molecule has 3 N–H and O–H groups in total. The van der Waals surface area contributed by atoms with E-state index < -0.39 is 0 Å². The summed E-state index contributed by atoms with van der Waals surface area (Å²) in [6.07, 6.45) is 7.22. The highest BCUT2D eigenvalue weighted by molar-refractivity contribution is 7.14. The van der Waals surface area contributed by atoms with E-state index in [1.165, 1.54) is 11.3 Å². The van der Waals surface area contributed by atoms with Gasteiger partial charge in [-0.05, 0) is 36.7 Å². The van der Waals surface area contributed by atoms with Crippen LogP contribution in [0.3, 0.4) is 0 Å². The van der Waals surface area contributed by atoms with Gasteiger partial charge in [-0.2, -0.15) is 5.10 Å². The standard InChI is InChI=1S/C28H37N9O3S/c1-28(2)14-17-15-30-26(29)32-22(17)24-21(28)23(34-35(24)3)25(39)33-27-31-18(16-41-27)13-20(38)36-9-7-19(8-10-36)37(40)11-5-4-6-12-37/h15-16,19H,4-14H2,1-3H3,(H2,29,30,32)(H,31,33,39). The molecule has 1 aliphatic carbocycles. The number of aryl methyl sites for hydroxylation is 1. The number of carbonyl (C=O) groups is 2. The van der Waals surface area contributed by atoms with E-state index in [2.05, 4.69) is 39.2 Å². The predicted octanol–water partition coefficient (Wildman–Crippen LogP) is 3.03. The number of nitrogen functional groups attached to an aromatic ring is 1. The minimum absolute atomic E-state index is 0.00296. The third-order valence-corrected chi connectivity index (χ3v) is 9.65. The van der Waals surface area contributed by atoms with E-state index in [4.69, 9.17) is 5.73 Å². The molecule has 0 spiro atoms. The molecule has 41 heavy (non-hydrogen) atoms. The number of nitrogens with zero attached hydrogens (tertiary/aromatic N) is 7. The van der Waals surface area contributed by atoms with Gasteiger partial charge in [0, 0.05) is 50.1 Å². The van der Waals surface area contributed by atoms with Crippen molar-refractivity contribution in [3.8, 4) is 11.4 Å². The van der Waals surface area contributed by atoms with Crippen LogP contribution in [-0.2, 0) is 30.1 Å². The number of quaternary nitrogens is 1. The zero-order chi connectivity index (χ0) is 28.9. The number of carbonyl (C=O) groups excluding carboxylic acids is 2. The van der Waals surface area contributed by atoms with Crippen LogP contribution in [0.2, 0.25) is 0 Å². The van der Waals surface area contributed by atoms with E-state index in [-0.39, 0.29) is 40.3 Å². The number of nitrogens with one attached hydrogen (secondary N) is 1. The molecule has 3 aromatic rings. The smallest absolute Gasteiger partial charge is 0.278 e. The molecule has 3 aromatic heterocycles. The summed E-state index contributed by atoms with van der Waals surface area (Å²) in [5, 5.41) is 22.9. The van der Waals surface area contributed by atoms with Gasteiger partial charge < -0.3 is 20.5 Å². The molecule has 3 aliphatic rings. The van der Waals surface area contributed by atoms with E-state index in [1.807, 2.05) is 4.90 Å². The van der Waals surface area contributed by atoms with Crippen molar-refractivity contribution in [2.75, 3.05) is 37.2 Å². The Balaban J connectivity index is 1.11. The fourth-order valence-electron chi connectivity index (χ4n) is 6.78. The molecule has 2 fully saturated rings. The number of hydrogen-bond acceptors (Lipinski definition) is 9. The van der Waals surface area contributed by atoms with Crippen LogP contribution in [0.15, 0.2) is 11.6 Å². The van der Waals surface area contributed by atoms with Crippen LogP contribution >= 0.6 is 11.3 Å². The predicted molar refractivity (Wildman–Crippen MR) is 156 cm³/mol. The molecule has 2 saturated heterocycles. The van der Waals surface area contributed by atoms with Crippen LogP contribution in [0.4, 0.5) is 11.1 Å². The van der Waals surface area contributed by atoms with Gasteiger partial charge in [0.1, 0.15) is 0 Å². The highest BCUT2D eigenvalue weighted by Gasteiger charge is 2.40. The Kier molecular flexibility index (Phi) is 7.07. The zero-order valence-electron chi connectivity index (χ0n) is 23.9. The van der Waals surface area contributed by atoms with E-state index in [0.717, 1.165) is 48.9 Å². The molecular formula is C28H37N9O3S. The van der Waals surface area contributed by atoms with E-state index in [0.29, 0.717) is 54.8 Å². The summed E-state index contributed by atoms with van der Waals surface area (Å²) < 4.78 is 1.59. The van der Waals surface area contributed by atoms with Crippen LogP contribution in [0, 0.1) is 5.21 Å². The molecular weight excluding hydrogens is 542 g/mol. The van der Waals surface area contributed by atoms with Crippen LogP contribution in [0.25, 0.3) is 11.4 Å². The number of likely N-dealkylation sites (tertiary alicyclic amines) is 2. The monoisotopic (exact) mass is 579 g/mol. The van der Waals surface area contributed by atoms with Gasteiger partial charge in [-0.3, -0.25) is 19.6 Å². The lowest BCUT2D eigenvalue weighted by molar-refractivity contribution is -0.911. The maximum absolute atomic E-state index is 13.5. The Morgan fingerprint density at radius 3 is 2.66 bits per heavy atom. The second-order valence-corrected chi connectivity index (χ2v) is 13.1. The quantitative estimate of drug-likeness (QED) is 0.345. The summed E-state index contributed by atoms with van der Waals surface area (Å²) in [5.74, 6) is -0.182. The second kappa shape index (κ2) is 10.4. The van der Waals surface area contributed by atoms with Crippen molar-refractivity contribution in [2.24, 2.45) is 7.05 Å².